The molecule has 0 heterocycles. The molecular formula is C19H22BrNO2. The Labute approximate surface area is 146 Å². The van der Waals surface area contributed by atoms with Crippen molar-refractivity contribution in [2.75, 3.05) is 11.9 Å². The highest BCUT2D eigenvalue weighted by Crippen LogP contribution is 2.19. The second-order valence-corrected chi connectivity index (χ2v) is 6.65. The van der Waals surface area contributed by atoms with Crippen LogP contribution in [-0.4, -0.2) is 12.5 Å². The lowest BCUT2D eigenvalue weighted by atomic mass is 10.0. The zero-order valence-corrected chi connectivity index (χ0v) is 15.1. The molecule has 0 atom stereocenters. The van der Waals surface area contributed by atoms with Gasteiger partial charge in [-0.15, -0.1) is 0 Å². The van der Waals surface area contributed by atoms with Crippen LogP contribution >= 0.6 is 15.9 Å². The summed E-state index contributed by atoms with van der Waals surface area (Å²) in [5, 5.41) is 2.88. The van der Waals surface area contributed by atoms with E-state index in [1.54, 1.807) is 0 Å². The van der Waals surface area contributed by atoms with Gasteiger partial charge in [-0.3, -0.25) is 4.79 Å². The number of hydrogen-bond acceptors (Lipinski definition) is 2. The van der Waals surface area contributed by atoms with Crippen LogP contribution in [0.15, 0.2) is 53.0 Å². The van der Waals surface area contributed by atoms with Gasteiger partial charge in [0.1, 0.15) is 5.75 Å². The number of anilines is 1. The van der Waals surface area contributed by atoms with Gasteiger partial charge in [-0.05, 0) is 48.2 Å². The van der Waals surface area contributed by atoms with E-state index in [2.05, 4.69) is 47.2 Å². The van der Waals surface area contributed by atoms with Gasteiger partial charge in [0.2, 0.25) is 5.91 Å². The first-order valence-corrected chi connectivity index (χ1v) is 8.62. The fourth-order valence-corrected chi connectivity index (χ4v) is 2.56. The molecule has 122 valence electrons. The van der Waals surface area contributed by atoms with E-state index in [-0.39, 0.29) is 5.91 Å². The van der Waals surface area contributed by atoms with Gasteiger partial charge in [0.05, 0.1) is 6.61 Å². The predicted molar refractivity (Wildman–Crippen MR) is 98.0 cm³/mol. The zero-order valence-electron chi connectivity index (χ0n) is 13.5. The average molecular weight is 376 g/mol. The third kappa shape index (κ3) is 6.06. The Kier molecular flexibility index (Phi) is 6.66. The molecule has 0 aliphatic rings. The summed E-state index contributed by atoms with van der Waals surface area (Å²) < 4.78 is 6.62. The maximum Gasteiger partial charge on any atom is 0.224 e. The first-order chi connectivity index (χ1) is 11.0. The maximum atomic E-state index is 11.9. The highest BCUT2D eigenvalue weighted by molar-refractivity contribution is 9.10. The number of benzene rings is 2. The SMILES string of the molecule is CC(C)c1ccc(OCCCC(=O)Nc2cccc(Br)c2)cc1. The monoisotopic (exact) mass is 375 g/mol. The minimum absolute atomic E-state index is 0.00172. The van der Waals surface area contributed by atoms with Crippen LogP contribution in [0.5, 0.6) is 5.75 Å². The fourth-order valence-electron chi connectivity index (χ4n) is 2.16. The quantitative estimate of drug-likeness (QED) is 0.660. The number of halogens is 1. The molecule has 0 bridgehead atoms. The smallest absolute Gasteiger partial charge is 0.224 e. The van der Waals surface area contributed by atoms with Gasteiger partial charge >= 0.3 is 0 Å². The largest absolute Gasteiger partial charge is 0.494 e. The lowest BCUT2D eigenvalue weighted by Gasteiger charge is -2.09. The molecule has 2 rings (SSSR count). The van der Waals surface area contributed by atoms with Crippen molar-refractivity contribution in [2.24, 2.45) is 0 Å². The van der Waals surface area contributed by atoms with Gasteiger partial charge in [-0.1, -0.05) is 48.0 Å². The summed E-state index contributed by atoms with van der Waals surface area (Å²) in [6, 6.07) is 15.7. The minimum Gasteiger partial charge on any atom is -0.494 e. The molecule has 0 saturated heterocycles. The van der Waals surface area contributed by atoms with Crippen molar-refractivity contribution in [3.05, 3.63) is 58.6 Å². The van der Waals surface area contributed by atoms with Gasteiger partial charge in [-0.25, -0.2) is 0 Å². The molecule has 1 amide bonds. The standard InChI is InChI=1S/C19H22BrNO2/c1-14(2)15-8-10-18(11-9-15)23-12-4-7-19(22)21-17-6-3-5-16(20)13-17/h3,5-6,8-11,13-14H,4,7,12H2,1-2H3,(H,21,22). The third-order valence-electron chi connectivity index (χ3n) is 3.47. The molecule has 0 unspecified atom stereocenters. The van der Waals surface area contributed by atoms with Crippen molar-refractivity contribution in [3.63, 3.8) is 0 Å². The summed E-state index contributed by atoms with van der Waals surface area (Å²) in [4.78, 5) is 11.9. The normalized spacial score (nSPS) is 10.6. The third-order valence-corrected chi connectivity index (χ3v) is 3.97. The summed E-state index contributed by atoms with van der Waals surface area (Å²) in [6.07, 6.45) is 1.13. The molecule has 0 fully saturated rings. The first kappa shape index (κ1) is 17.5. The molecule has 0 aromatic heterocycles. The summed E-state index contributed by atoms with van der Waals surface area (Å²) in [7, 11) is 0. The summed E-state index contributed by atoms with van der Waals surface area (Å²) in [6.45, 7) is 4.87. The van der Waals surface area contributed by atoms with Gasteiger partial charge in [0.15, 0.2) is 0 Å². The Morgan fingerprint density at radius 2 is 1.91 bits per heavy atom. The van der Waals surface area contributed by atoms with Crippen LogP contribution in [0, 0.1) is 0 Å². The molecule has 4 heteroatoms. The molecular weight excluding hydrogens is 354 g/mol. The number of carbonyl (C=O) groups excluding carboxylic acids is 1. The number of nitrogens with one attached hydrogen (secondary N) is 1. The average Bonchev–Trinajstić information content (AvgIpc) is 2.52. The predicted octanol–water partition coefficient (Wildman–Crippen LogP) is 5.37. The summed E-state index contributed by atoms with van der Waals surface area (Å²) in [5.41, 5.74) is 2.10. The minimum atomic E-state index is 0.00172. The van der Waals surface area contributed by atoms with E-state index >= 15 is 0 Å². The van der Waals surface area contributed by atoms with Crippen molar-refractivity contribution in [3.8, 4) is 5.75 Å². The Hall–Kier alpha value is -1.81. The van der Waals surface area contributed by atoms with Gasteiger partial charge in [0.25, 0.3) is 0 Å². The Morgan fingerprint density at radius 3 is 2.57 bits per heavy atom. The van der Waals surface area contributed by atoms with Gasteiger partial charge in [-0.2, -0.15) is 0 Å². The topological polar surface area (TPSA) is 38.3 Å². The first-order valence-electron chi connectivity index (χ1n) is 7.83. The van der Waals surface area contributed by atoms with E-state index < -0.39 is 0 Å². The second kappa shape index (κ2) is 8.73. The van der Waals surface area contributed by atoms with E-state index in [9.17, 15) is 4.79 Å². The lowest BCUT2D eigenvalue weighted by molar-refractivity contribution is -0.116. The van der Waals surface area contributed by atoms with Crippen molar-refractivity contribution in [1.29, 1.82) is 0 Å². The van der Waals surface area contributed by atoms with Gasteiger partial charge < -0.3 is 10.1 Å². The van der Waals surface area contributed by atoms with E-state index in [1.807, 2.05) is 36.4 Å². The Morgan fingerprint density at radius 1 is 1.17 bits per heavy atom. The van der Waals surface area contributed by atoms with Crippen molar-refractivity contribution in [1.82, 2.24) is 0 Å². The van der Waals surface area contributed by atoms with Gasteiger partial charge in [0, 0.05) is 16.6 Å². The van der Waals surface area contributed by atoms with Crippen molar-refractivity contribution in [2.45, 2.75) is 32.6 Å². The van der Waals surface area contributed by atoms with Crippen LogP contribution in [0.2, 0.25) is 0 Å². The fraction of sp³-hybridized carbons (Fsp3) is 0.316. The molecule has 0 aliphatic heterocycles. The number of hydrogen-bond donors (Lipinski definition) is 1. The second-order valence-electron chi connectivity index (χ2n) is 5.73. The molecule has 0 aliphatic carbocycles. The highest BCUT2D eigenvalue weighted by atomic mass is 79.9. The molecule has 3 nitrogen and oxygen atoms in total. The summed E-state index contributed by atoms with van der Waals surface area (Å²) >= 11 is 3.38. The Balaban J connectivity index is 1.69. The lowest BCUT2D eigenvalue weighted by Crippen LogP contribution is -2.12. The number of carbonyl (C=O) groups is 1. The van der Waals surface area contributed by atoms with E-state index in [1.165, 1.54) is 5.56 Å². The molecule has 0 radical (unpaired) electrons. The van der Waals surface area contributed by atoms with E-state index in [0.29, 0.717) is 25.4 Å². The molecule has 1 N–H and O–H groups in total. The molecule has 0 saturated carbocycles. The van der Waals surface area contributed by atoms with Crippen molar-refractivity contribution >= 4 is 27.5 Å². The molecule has 2 aromatic rings. The molecule has 2 aromatic carbocycles. The van der Waals surface area contributed by atoms with E-state index in [0.717, 1.165) is 15.9 Å². The van der Waals surface area contributed by atoms with Crippen LogP contribution < -0.4 is 10.1 Å². The molecule has 23 heavy (non-hydrogen) atoms. The van der Waals surface area contributed by atoms with Crippen LogP contribution in [0.1, 0.15) is 38.2 Å². The Bertz CT molecular complexity index is 638. The number of ether oxygens (including phenoxy) is 1. The molecule has 0 spiro atoms. The summed E-state index contributed by atoms with van der Waals surface area (Å²) in [5.74, 6) is 1.37. The van der Waals surface area contributed by atoms with Crippen LogP contribution in [0.4, 0.5) is 5.69 Å². The van der Waals surface area contributed by atoms with Crippen LogP contribution in [-0.2, 0) is 4.79 Å². The van der Waals surface area contributed by atoms with E-state index in [4.69, 9.17) is 4.74 Å². The maximum absolute atomic E-state index is 11.9. The number of amides is 1. The highest BCUT2D eigenvalue weighted by Gasteiger charge is 2.04. The number of rotatable bonds is 7. The zero-order chi connectivity index (χ0) is 16.7. The van der Waals surface area contributed by atoms with Crippen LogP contribution in [0.3, 0.4) is 0 Å². The van der Waals surface area contributed by atoms with Crippen LogP contribution in [0.25, 0.3) is 0 Å². The van der Waals surface area contributed by atoms with Crippen molar-refractivity contribution < 1.29 is 9.53 Å².